The van der Waals surface area contributed by atoms with Gasteiger partial charge in [-0.2, -0.15) is 0 Å². The molecule has 64 valence electrons. The van der Waals surface area contributed by atoms with E-state index in [1.165, 1.54) is 25.8 Å². The lowest BCUT2D eigenvalue weighted by Gasteiger charge is -2.40. The molecule has 2 fully saturated rings. The van der Waals surface area contributed by atoms with Crippen LogP contribution in [-0.4, -0.2) is 25.8 Å². The maximum absolute atomic E-state index is 5.09. The van der Waals surface area contributed by atoms with E-state index >= 15 is 0 Å². The molecular weight excluding hydrogens is 138 g/mol. The molecule has 1 saturated heterocycles. The van der Waals surface area contributed by atoms with Gasteiger partial charge in [0.15, 0.2) is 0 Å². The van der Waals surface area contributed by atoms with Crippen LogP contribution in [0.15, 0.2) is 0 Å². The van der Waals surface area contributed by atoms with Gasteiger partial charge in [-0.25, -0.2) is 0 Å². The molecule has 1 saturated carbocycles. The van der Waals surface area contributed by atoms with E-state index in [9.17, 15) is 0 Å². The van der Waals surface area contributed by atoms with Gasteiger partial charge < -0.3 is 10.1 Å². The fraction of sp³-hybridized carbons (Fsp3) is 1.00. The van der Waals surface area contributed by atoms with Gasteiger partial charge in [-0.05, 0) is 18.3 Å². The molecular formula is C9H17NO. The normalized spacial score (nSPS) is 29.2. The highest BCUT2D eigenvalue weighted by Gasteiger charge is 2.32. The molecule has 2 rings (SSSR count). The van der Waals surface area contributed by atoms with Gasteiger partial charge in [-0.3, -0.25) is 0 Å². The van der Waals surface area contributed by atoms with Crippen LogP contribution < -0.4 is 5.32 Å². The highest BCUT2D eigenvalue weighted by molar-refractivity contribution is 4.87. The first kappa shape index (κ1) is 7.56. The van der Waals surface area contributed by atoms with E-state index in [1.807, 2.05) is 0 Å². The maximum atomic E-state index is 5.09. The molecule has 0 spiro atoms. The van der Waals surface area contributed by atoms with E-state index in [2.05, 4.69) is 12.2 Å². The molecule has 1 aliphatic heterocycles. The van der Waals surface area contributed by atoms with Crippen molar-refractivity contribution in [1.82, 2.24) is 5.32 Å². The summed E-state index contributed by atoms with van der Waals surface area (Å²) in [4.78, 5) is 0. The van der Waals surface area contributed by atoms with Crippen molar-refractivity contribution < 1.29 is 4.74 Å². The zero-order valence-corrected chi connectivity index (χ0v) is 7.23. The van der Waals surface area contributed by atoms with Crippen molar-refractivity contribution in [2.45, 2.75) is 32.2 Å². The second-order valence-corrected chi connectivity index (χ2v) is 4.28. The third-order valence-electron chi connectivity index (χ3n) is 3.02. The third-order valence-corrected chi connectivity index (χ3v) is 3.02. The second kappa shape index (κ2) is 2.76. The van der Waals surface area contributed by atoms with E-state index in [-0.39, 0.29) is 0 Å². The molecule has 2 aliphatic rings. The molecule has 1 heterocycles. The first-order valence-electron chi connectivity index (χ1n) is 4.60. The van der Waals surface area contributed by atoms with Crippen molar-refractivity contribution in [3.63, 3.8) is 0 Å². The van der Waals surface area contributed by atoms with Crippen molar-refractivity contribution in [2.75, 3.05) is 19.8 Å². The van der Waals surface area contributed by atoms with Gasteiger partial charge in [0.1, 0.15) is 0 Å². The molecule has 0 aromatic carbocycles. The summed E-state index contributed by atoms with van der Waals surface area (Å²) < 4.78 is 5.09. The minimum absolute atomic E-state index is 0.621. The average molecular weight is 155 g/mol. The monoisotopic (exact) mass is 155 g/mol. The Kier molecular flexibility index (Phi) is 1.90. The lowest BCUT2D eigenvalue weighted by Crippen LogP contribution is -2.50. The molecule has 0 bridgehead atoms. The van der Waals surface area contributed by atoms with Crippen LogP contribution in [0.2, 0.25) is 0 Å². The Bertz CT molecular complexity index is 138. The first-order valence-corrected chi connectivity index (χ1v) is 4.60. The first-order chi connectivity index (χ1) is 5.29. The Hall–Kier alpha value is -0.0800. The predicted octanol–water partition coefficient (Wildman–Crippen LogP) is 1.16. The molecule has 0 aromatic rings. The molecule has 0 unspecified atom stereocenters. The van der Waals surface area contributed by atoms with Crippen LogP contribution in [0.25, 0.3) is 0 Å². The molecule has 0 radical (unpaired) electrons. The summed E-state index contributed by atoms with van der Waals surface area (Å²) in [7, 11) is 0. The second-order valence-electron chi connectivity index (χ2n) is 4.28. The number of hydrogen-bond donors (Lipinski definition) is 1. The summed E-state index contributed by atoms with van der Waals surface area (Å²) in [6.07, 6.45) is 4.25. The number of rotatable bonds is 3. The van der Waals surface area contributed by atoms with Gasteiger partial charge in [0.25, 0.3) is 0 Å². The Morgan fingerprint density at radius 2 is 2.18 bits per heavy atom. The number of ether oxygens (including phenoxy) is 1. The van der Waals surface area contributed by atoms with E-state index < -0.39 is 0 Å². The highest BCUT2D eigenvalue weighted by Crippen LogP contribution is 2.39. The van der Waals surface area contributed by atoms with Gasteiger partial charge in [-0.15, -0.1) is 0 Å². The van der Waals surface area contributed by atoms with Crippen LogP contribution in [0.5, 0.6) is 0 Å². The van der Waals surface area contributed by atoms with Crippen LogP contribution in [0, 0.1) is 5.41 Å². The zero-order valence-electron chi connectivity index (χ0n) is 7.23. The highest BCUT2D eigenvalue weighted by atomic mass is 16.5. The van der Waals surface area contributed by atoms with Gasteiger partial charge in [0.2, 0.25) is 0 Å². The van der Waals surface area contributed by atoms with Gasteiger partial charge in [0, 0.05) is 6.54 Å². The molecule has 2 nitrogen and oxygen atoms in total. The lowest BCUT2D eigenvalue weighted by molar-refractivity contribution is -0.0131. The van der Waals surface area contributed by atoms with E-state index in [0.717, 1.165) is 13.2 Å². The Labute approximate surface area is 68.3 Å². The SMILES string of the molecule is CC1(CNC2COC2)CCC1. The largest absolute Gasteiger partial charge is 0.378 e. The number of nitrogens with one attached hydrogen (secondary N) is 1. The zero-order chi connectivity index (χ0) is 7.73. The Balaban J connectivity index is 1.64. The van der Waals surface area contributed by atoms with E-state index in [0.29, 0.717) is 11.5 Å². The van der Waals surface area contributed by atoms with Crippen molar-refractivity contribution in [2.24, 2.45) is 5.41 Å². The molecule has 1 N–H and O–H groups in total. The van der Waals surface area contributed by atoms with Crippen molar-refractivity contribution in [1.29, 1.82) is 0 Å². The third kappa shape index (κ3) is 1.57. The molecule has 2 heteroatoms. The quantitative estimate of drug-likeness (QED) is 0.660. The van der Waals surface area contributed by atoms with E-state index in [1.54, 1.807) is 0 Å². The van der Waals surface area contributed by atoms with Crippen LogP contribution >= 0.6 is 0 Å². The summed E-state index contributed by atoms with van der Waals surface area (Å²) in [5, 5.41) is 3.54. The van der Waals surface area contributed by atoms with Gasteiger partial charge in [0.05, 0.1) is 19.3 Å². The Morgan fingerprint density at radius 1 is 1.45 bits per heavy atom. The topological polar surface area (TPSA) is 21.3 Å². The predicted molar refractivity (Wildman–Crippen MR) is 44.6 cm³/mol. The van der Waals surface area contributed by atoms with E-state index in [4.69, 9.17) is 4.74 Å². The summed E-state index contributed by atoms with van der Waals surface area (Å²) in [5.41, 5.74) is 0.621. The summed E-state index contributed by atoms with van der Waals surface area (Å²) in [5.74, 6) is 0. The molecule has 0 aromatic heterocycles. The number of hydrogen-bond acceptors (Lipinski definition) is 2. The van der Waals surface area contributed by atoms with Gasteiger partial charge >= 0.3 is 0 Å². The minimum Gasteiger partial charge on any atom is -0.378 e. The van der Waals surface area contributed by atoms with Crippen LogP contribution in [0.3, 0.4) is 0 Å². The average Bonchev–Trinajstić information content (AvgIpc) is 1.81. The van der Waals surface area contributed by atoms with Crippen molar-refractivity contribution in [3.8, 4) is 0 Å². The lowest BCUT2D eigenvalue weighted by atomic mass is 9.70. The van der Waals surface area contributed by atoms with Crippen LogP contribution in [0.1, 0.15) is 26.2 Å². The standard InChI is InChI=1S/C9H17NO/c1-9(3-2-4-9)7-10-8-5-11-6-8/h8,10H,2-7H2,1H3. The summed E-state index contributed by atoms with van der Waals surface area (Å²) in [6, 6.07) is 0.660. The summed E-state index contributed by atoms with van der Waals surface area (Å²) >= 11 is 0. The molecule has 0 atom stereocenters. The molecule has 1 aliphatic carbocycles. The maximum Gasteiger partial charge on any atom is 0.0643 e. The van der Waals surface area contributed by atoms with Crippen molar-refractivity contribution in [3.05, 3.63) is 0 Å². The molecule has 0 amide bonds. The smallest absolute Gasteiger partial charge is 0.0643 e. The Morgan fingerprint density at radius 3 is 2.55 bits per heavy atom. The fourth-order valence-corrected chi connectivity index (χ4v) is 1.70. The minimum atomic E-state index is 0.621. The van der Waals surface area contributed by atoms with Crippen molar-refractivity contribution >= 4 is 0 Å². The van der Waals surface area contributed by atoms with Gasteiger partial charge in [-0.1, -0.05) is 13.3 Å². The van der Waals surface area contributed by atoms with Crippen LogP contribution in [0.4, 0.5) is 0 Å². The molecule has 11 heavy (non-hydrogen) atoms. The summed E-state index contributed by atoms with van der Waals surface area (Å²) in [6.45, 7) is 5.43. The van der Waals surface area contributed by atoms with Crippen LogP contribution in [-0.2, 0) is 4.74 Å². The fourth-order valence-electron chi connectivity index (χ4n) is 1.70.